The molecule has 290 valence electrons. The van der Waals surface area contributed by atoms with E-state index in [0.29, 0.717) is 34.9 Å². The predicted octanol–water partition coefficient (Wildman–Crippen LogP) is 12.5. The topological polar surface area (TPSA) is 86.6 Å². The summed E-state index contributed by atoms with van der Waals surface area (Å²) in [5.41, 5.74) is 11.5. The van der Waals surface area contributed by atoms with Gasteiger partial charge in [-0.1, -0.05) is 188 Å². The third-order valence-corrected chi connectivity index (χ3v) is 11.9. The lowest BCUT2D eigenvalue weighted by Crippen LogP contribution is -2.32. The zero-order valence-corrected chi connectivity index (χ0v) is 33.2. The lowest BCUT2D eigenvalue weighted by atomic mass is 9.66. The monoisotopic (exact) mass is 794 g/mol. The molecule has 1 atom stereocenters. The molecule has 2 aliphatic rings. The van der Waals surface area contributed by atoms with E-state index in [0.717, 1.165) is 72.7 Å². The first-order valence-corrected chi connectivity index (χ1v) is 20.6. The van der Waals surface area contributed by atoms with Gasteiger partial charge in [0, 0.05) is 44.5 Å². The molecule has 0 N–H and O–H groups in total. The van der Waals surface area contributed by atoms with Crippen molar-refractivity contribution in [2.75, 3.05) is 0 Å². The number of para-hydroxylation sites is 1. The quantitative estimate of drug-likeness (QED) is 0.166. The molecule has 7 heteroatoms. The van der Waals surface area contributed by atoms with Crippen molar-refractivity contribution in [3.63, 3.8) is 0 Å². The van der Waals surface area contributed by atoms with Crippen LogP contribution in [-0.4, -0.2) is 29.9 Å². The minimum Gasteiger partial charge on any atom is -0.457 e. The molecule has 1 spiro atoms. The van der Waals surface area contributed by atoms with E-state index in [9.17, 15) is 0 Å². The van der Waals surface area contributed by atoms with Gasteiger partial charge in [0.05, 0.1) is 5.41 Å². The summed E-state index contributed by atoms with van der Waals surface area (Å²) in [7, 11) is 0. The maximum Gasteiger partial charge on any atom is 0.164 e. The molecule has 62 heavy (non-hydrogen) atoms. The summed E-state index contributed by atoms with van der Waals surface area (Å²) >= 11 is 0. The lowest BCUT2D eigenvalue weighted by molar-refractivity contribution is 0.436. The van der Waals surface area contributed by atoms with Gasteiger partial charge in [0.1, 0.15) is 11.5 Å². The van der Waals surface area contributed by atoms with Gasteiger partial charge in [-0.25, -0.2) is 29.9 Å². The van der Waals surface area contributed by atoms with Crippen molar-refractivity contribution in [3.8, 4) is 91.0 Å². The minimum atomic E-state index is -0.680. The fourth-order valence-electron chi connectivity index (χ4n) is 9.06. The van der Waals surface area contributed by atoms with Crippen molar-refractivity contribution in [2.45, 2.75) is 5.41 Å². The Hall–Kier alpha value is -8.42. The average Bonchev–Trinajstić information content (AvgIpc) is 3.64. The Balaban J connectivity index is 1.04. The summed E-state index contributed by atoms with van der Waals surface area (Å²) in [5.74, 6) is 5.18. The van der Waals surface area contributed by atoms with Gasteiger partial charge in [0.2, 0.25) is 0 Å². The molecule has 1 unspecified atom stereocenters. The molecule has 0 saturated carbocycles. The first-order chi connectivity index (χ1) is 30.7. The zero-order valence-electron chi connectivity index (χ0n) is 33.2. The van der Waals surface area contributed by atoms with Crippen LogP contribution < -0.4 is 4.74 Å². The van der Waals surface area contributed by atoms with Crippen LogP contribution in [-0.2, 0) is 5.41 Å². The molecular weight excluding hydrogens is 761 g/mol. The number of rotatable bonds is 6. The van der Waals surface area contributed by atoms with Gasteiger partial charge >= 0.3 is 0 Å². The van der Waals surface area contributed by atoms with Gasteiger partial charge in [-0.2, -0.15) is 0 Å². The third-order valence-electron chi connectivity index (χ3n) is 11.9. The lowest BCUT2D eigenvalue weighted by Gasteiger charge is -2.39. The van der Waals surface area contributed by atoms with Crippen molar-refractivity contribution in [3.05, 3.63) is 229 Å². The first kappa shape index (κ1) is 35.5. The van der Waals surface area contributed by atoms with Crippen molar-refractivity contribution < 1.29 is 4.74 Å². The maximum absolute atomic E-state index is 6.89. The number of fused-ring (bicyclic) bond motifs is 9. The van der Waals surface area contributed by atoms with E-state index < -0.39 is 5.41 Å². The fourth-order valence-corrected chi connectivity index (χ4v) is 9.06. The van der Waals surface area contributed by atoms with Crippen LogP contribution in [0.2, 0.25) is 0 Å². The second-order valence-corrected chi connectivity index (χ2v) is 15.4. The van der Waals surface area contributed by atoms with E-state index >= 15 is 0 Å². The molecular formula is C55H34N6O. The van der Waals surface area contributed by atoms with Crippen molar-refractivity contribution in [1.29, 1.82) is 0 Å². The highest BCUT2D eigenvalue weighted by Crippen LogP contribution is 2.62. The summed E-state index contributed by atoms with van der Waals surface area (Å²) in [6.45, 7) is 0. The molecule has 8 aromatic carbocycles. The normalized spacial score (nSPS) is 14.3. The molecule has 0 radical (unpaired) electrons. The van der Waals surface area contributed by atoms with Crippen LogP contribution in [0.15, 0.2) is 206 Å². The van der Waals surface area contributed by atoms with Crippen LogP contribution in [0.4, 0.5) is 0 Å². The van der Waals surface area contributed by atoms with Crippen LogP contribution >= 0.6 is 0 Å². The molecule has 0 fully saturated rings. The van der Waals surface area contributed by atoms with Gasteiger partial charge in [-0.15, -0.1) is 0 Å². The molecule has 0 amide bonds. The second kappa shape index (κ2) is 14.4. The van der Waals surface area contributed by atoms with Crippen LogP contribution in [0.3, 0.4) is 0 Å². The van der Waals surface area contributed by atoms with Crippen LogP contribution in [0.25, 0.3) is 79.5 Å². The van der Waals surface area contributed by atoms with Gasteiger partial charge in [0.15, 0.2) is 34.9 Å². The number of hydrogen-bond donors (Lipinski definition) is 0. The summed E-state index contributed by atoms with van der Waals surface area (Å²) < 4.78 is 6.89. The molecule has 7 nitrogen and oxygen atoms in total. The smallest absolute Gasteiger partial charge is 0.164 e. The minimum absolute atomic E-state index is 0.566. The predicted molar refractivity (Wildman–Crippen MR) is 243 cm³/mol. The van der Waals surface area contributed by atoms with E-state index in [1.165, 1.54) is 5.56 Å². The van der Waals surface area contributed by atoms with Crippen molar-refractivity contribution in [1.82, 2.24) is 29.9 Å². The molecule has 1 aliphatic carbocycles. The summed E-state index contributed by atoms with van der Waals surface area (Å²) in [6.07, 6.45) is 0. The van der Waals surface area contributed by atoms with Crippen LogP contribution in [0.1, 0.15) is 22.3 Å². The summed E-state index contributed by atoms with van der Waals surface area (Å²) in [6, 6.07) is 70.4. The standard InChI is InChI=1S/C55H34N6O/c1-5-17-35(18-6-1)49-56-50(36-19-7-2-8-20-36)59-53(58-49)39-29-31-44-42(33-39)41-25-13-14-26-43(41)55(44)45-27-15-16-28-47(45)62-48-34-40(30-32-46(48)55)54-60-51(37-21-9-3-10-22-37)57-52(61-54)38-23-11-4-12-24-38/h1-34H. The van der Waals surface area contributed by atoms with E-state index in [2.05, 4.69) is 78.9 Å². The molecule has 3 heterocycles. The number of nitrogens with zero attached hydrogens (tertiary/aromatic N) is 6. The van der Waals surface area contributed by atoms with Gasteiger partial charge in [-0.3, -0.25) is 0 Å². The highest BCUT2D eigenvalue weighted by atomic mass is 16.5. The highest BCUT2D eigenvalue weighted by Gasteiger charge is 2.51. The summed E-state index contributed by atoms with van der Waals surface area (Å²) in [5, 5.41) is 0. The van der Waals surface area contributed by atoms with E-state index in [1.54, 1.807) is 0 Å². The van der Waals surface area contributed by atoms with E-state index in [4.69, 9.17) is 34.6 Å². The van der Waals surface area contributed by atoms with E-state index in [-0.39, 0.29) is 0 Å². The number of hydrogen-bond acceptors (Lipinski definition) is 7. The zero-order chi connectivity index (χ0) is 41.0. The Morgan fingerprint density at radius 1 is 0.258 bits per heavy atom. The first-order valence-electron chi connectivity index (χ1n) is 20.6. The van der Waals surface area contributed by atoms with Crippen LogP contribution in [0, 0.1) is 0 Å². The van der Waals surface area contributed by atoms with Gasteiger partial charge < -0.3 is 4.74 Å². The van der Waals surface area contributed by atoms with Gasteiger partial charge in [-0.05, 0) is 40.5 Å². The SMILES string of the molecule is c1ccc(-c2nc(-c3ccccc3)nc(-c3ccc4c(c3)Oc3ccccc3C43c4ccccc4-c4cc(-c5nc(-c6ccccc6)nc(-c6ccccc6)n5)ccc43)n2)cc1. The highest BCUT2D eigenvalue weighted by molar-refractivity contribution is 5.91. The Bertz CT molecular complexity index is 3210. The average molecular weight is 795 g/mol. The van der Waals surface area contributed by atoms with Gasteiger partial charge in [0.25, 0.3) is 0 Å². The molecule has 10 aromatic rings. The Kier molecular flexibility index (Phi) is 8.25. The molecule has 2 aromatic heterocycles. The third kappa shape index (κ3) is 5.74. The molecule has 0 bridgehead atoms. The maximum atomic E-state index is 6.89. The molecule has 12 rings (SSSR count). The Labute approximate surface area is 358 Å². The van der Waals surface area contributed by atoms with Crippen LogP contribution in [0.5, 0.6) is 11.5 Å². The van der Waals surface area contributed by atoms with Crippen molar-refractivity contribution >= 4 is 0 Å². The number of aromatic nitrogens is 6. The Morgan fingerprint density at radius 3 is 1.11 bits per heavy atom. The Morgan fingerprint density at radius 2 is 0.613 bits per heavy atom. The molecule has 1 aliphatic heterocycles. The summed E-state index contributed by atoms with van der Waals surface area (Å²) in [4.78, 5) is 30.1. The number of benzene rings is 8. The largest absolute Gasteiger partial charge is 0.457 e. The van der Waals surface area contributed by atoms with Crippen molar-refractivity contribution in [2.24, 2.45) is 0 Å². The van der Waals surface area contributed by atoms with E-state index in [1.807, 2.05) is 127 Å². The fraction of sp³-hybridized carbons (Fsp3) is 0.0182. The number of ether oxygens (including phenoxy) is 1. The second-order valence-electron chi connectivity index (χ2n) is 15.4. The molecule has 0 saturated heterocycles.